The molecule has 0 N–H and O–H groups in total. The van der Waals surface area contributed by atoms with Crippen molar-refractivity contribution in [2.45, 2.75) is 20.8 Å². The van der Waals surface area contributed by atoms with Crippen LogP contribution in [0.1, 0.15) is 20.8 Å². The van der Waals surface area contributed by atoms with Gasteiger partial charge in [-0.25, -0.2) is 0 Å². The zero-order valence-electron chi connectivity index (χ0n) is 7.83. The van der Waals surface area contributed by atoms with Crippen LogP contribution in [0.25, 0.3) is 0 Å². The summed E-state index contributed by atoms with van der Waals surface area (Å²) in [6.45, 7) is 8.16. The standard InChI is InChI=1S/C7H16O2.CO2/c1-4-8-6-9-5-7(2)3;2-1-3/h7H,4-6H2,1-3H3;. The second kappa shape index (κ2) is 12.9. The van der Waals surface area contributed by atoms with Gasteiger partial charge in [-0.2, -0.15) is 9.59 Å². The van der Waals surface area contributed by atoms with Gasteiger partial charge in [0.15, 0.2) is 0 Å². The van der Waals surface area contributed by atoms with E-state index in [9.17, 15) is 0 Å². The first-order chi connectivity index (χ1) is 5.68. The van der Waals surface area contributed by atoms with E-state index in [1.54, 1.807) is 0 Å². The molecular formula is C8H16O4. The van der Waals surface area contributed by atoms with Crippen LogP contribution in [0, 0.1) is 5.92 Å². The average Bonchev–Trinajstić information content (AvgIpc) is 1.99. The molecule has 0 aromatic carbocycles. The smallest absolute Gasteiger partial charge is 0.356 e. The third-order valence-electron chi connectivity index (χ3n) is 0.822. The van der Waals surface area contributed by atoms with E-state index in [1.807, 2.05) is 6.92 Å². The second-order valence-electron chi connectivity index (χ2n) is 2.46. The Labute approximate surface area is 72.8 Å². The van der Waals surface area contributed by atoms with Crippen molar-refractivity contribution in [3.8, 4) is 0 Å². The van der Waals surface area contributed by atoms with Crippen LogP contribution >= 0.6 is 0 Å². The van der Waals surface area contributed by atoms with Gasteiger partial charge < -0.3 is 9.47 Å². The molecule has 0 aromatic heterocycles. The minimum absolute atomic E-state index is 0.250. The van der Waals surface area contributed by atoms with Crippen molar-refractivity contribution in [1.29, 1.82) is 0 Å². The number of ether oxygens (including phenoxy) is 2. The van der Waals surface area contributed by atoms with Crippen LogP contribution in [0.5, 0.6) is 0 Å². The molecule has 0 amide bonds. The molecule has 0 heterocycles. The Balaban J connectivity index is 0. The Bertz CT molecular complexity index is 106. The van der Waals surface area contributed by atoms with Crippen molar-refractivity contribution in [2.24, 2.45) is 5.92 Å². The maximum absolute atomic E-state index is 8.12. The van der Waals surface area contributed by atoms with Crippen molar-refractivity contribution in [3.05, 3.63) is 0 Å². The number of hydrogen-bond acceptors (Lipinski definition) is 4. The van der Waals surface area contributed by atoms with Crippen molar-refractivity contribution in [1.82, 2.24) is 0 Å². The van der Waals surface area contributed by atoms with Gasteiger partial charge in [-0.3, -0.25) is 0 Å². The van der Waals surface area contributed by atoms with Crippen LogP contribution in [-0.4, -0.2) is 26.2 Å². The molecule has 0 aromatic rings. The van der Waals surface area contributed by atoms with E-state index in [0.29, 0.717) is 12.7 Å². The second-order valence-corrected chi connectivity index (χ2v) is 2.46. The Kier molecular flexibility index (Phi) is 14.9. The summed E-state index contributed by atoms with van der Waals surface area (Å²) >= 11 is 0. The SMILES string of the molecule is CCOCOCC(C)C.O=C=O. The van der Waals surface area contributed by atoms with Crippen LogP contribution < -0.4 is 0 Å². The summed E-state index contributed by atoms with van der Waals surface area (Å²) in [6, 6.07) is 0. The van der Waals surface area contributed by atoms with E-state index in [0.717, 1.165) is 13.2 Å². The maximum Gasteiger partial charge on any atom is 0.373 e. The summed E-state index contributed by atoms with van der Waals surface area (Å²) < 4.78 is 10.1. The minimum atomic E-state index is 0.250. The predicted octanol–water partition coefficient (Wildman–Crippen LogP) is 1.07. The van der Waals surface area contributed by atoms with Crippen molar-refractivity contribution >= 4 is 6.15 Å². The quantitative estimate of drug-likeness (QED) is 0.464. The lowest BCUT2D eigenvalue weighted by atomic mass is 10.2. The molecule has 0 bridgehead atoms. The minimum Gasteiger partial charge on any atom is -0.356 e. The lowest BCUT2D eigenvalue weighted by Crippen LogP contribution is -2.05. The molecule has 72 valence electrons. The molecule has 0 rings (SSSR count). The van der Waals surface area contributed by atoms with Crippen molar-refractivity contribution < 1.29 is 19.1 Å². The Morgan fingerprint density at radius 3 is 2.08 bits per heavy atom. The molecule has 0 saturated heterocycles. The van der Waals surface area contributed by atoms with E-state index in [-0.39, 0.29) is 6.15 Å². The molecular weight excluding hydrogens is 160 g/mol. The van der Waals surface area contributed by atoms with E-state index >= 15 is 0 Å². The fraction of sp³-hybridized carbons (Fsp3) is 0.875. The third-order valence-corrected chi connectivity index (χ3v) is 0.822. The predicted molar refractivity (Wildman–Crippen MR) is 42.3 cm³/mol. The monoisotopic (exact) mass is 176 g/mol. The lowest BCUT2D eigenvalue weighted by molar-refractivity contribution is -0.191. The Morgan fingerprint density at radius 1 is 1.25 bits per heavy atom. The average molecular weight is 176 g/mol. The summed E-state index contributed by atoms with van der Waals surface area (Å²) in [5, 5.41) is 0. The van der Waals surface area contributed by atoms with Crippen LogP contribution in [0.3, 0.4) is 0 Å². The summed E-state index contributed by atoms with van der Waals surface area (Å²) in [6.07, 6.45) is 0.250. The van der Waals surface area contributed by atoms with Crippen LogP contribution in [0.15, 0.2) is 0 Å². The highest BCUT2D eigenvalue weighted by atomic mass is 16.7. The summed E-state index contributed by atoms with van der Waals surface area (Å²) in [5.41, 5.74) is 0. The first kappa shape index (κ1) is 13.9. The summed E-state index contributed by atoms with van der Waals surface area (Å²) in [4.78, 5) is 16.2. The van der Waals surface area contributed by atoms with Gasteiger partial charge in [0.25, 0.3) is 0 Å². The normalized spacial score (nSPS) is 8.67. The molecule has 0 aliphatic heterocycles. The first-order valence-corrected chi connectivity index (χ1v) is 3.83. The first-order valence-electron chi connectivity index (χ1n) is 3.83. The van der Waals surface area contributed by atoms with Gasteiger partial charge in [0.2, 0.25) is 0 Å². The molecule has 4 nitrogen and oxygen atoms in total. The zero-order valence-corrected chi connectivity index (χ0v) is 7.83. The van der Waals surface area contributed by atoms with Gasteiger partial charge in [-0.1, -0.05) is 13.8 Å². The molecule has 0 unspecified atom stereocenters. The van der Waals surface area contributed by atoms with Gasteiger partial charge in [-0.15, -0.1) is 0 Å². The van der Waals surface area contributed by atoms with Crippen LogP contribution in [-0.2, 0) is 19.1 Å². The molecule has 0 spiro atoms. The van der Waals surface area contributed by atoms with Gasteiger partial charge in [-0.05, 0) is 12.8 Å². The highest BCUT2D eigenvalue weighted by molar-refractivity contribution is 5.20. The van der Waals surface area contributed by atoms with E-state index in [4.69, 9.17) is 19.1 Å². The van der Waals surface area contributed by atoms with Gasteiger partial charge in [0.05, 0.1) is 6.61 Å². The number of carbonyl (C=O) groups excluding carboxylic acids is 2. The fourth-order valence-corrected chi connectivity index (χ4v) is 0.426. The van der Waals surface area contributed by atoms with Crippen LogP contribution in [0.4, 0.5) is 0 Å². The van der Waals surface area contributed by atoms with Gasteiger partial charge in [0.1, 0.15) is 6.79 Å². The fourth-order valence-electron chi connectivity index (χ4n) is 0.426. The molecule has 0 saturated carbocycles. The van der Waals surface area contributed by atoms with E-state index < -0.39 is 0 Å². The number of hydrogen-bond donors (Lipinski definition) is 0. The van der Waals surface area contributed by atoms with Gasteiger partial charge in [0, 0.05) is 6.61 Å². The number of rotatable bonds is 5. The highest BCUT2D eigenvalue weighted by Crippen LogP contribution is 1.91. The Hall–Kier alpha value is -0.700. The molecule has 4 heteroatoms. The van der Waals surface area contributed by atoms with Gasteiger partial charge >= 0.3 is 6.15 Å². The highest BCUT2D eigenvalue weighted by Gasteiger charge is 1.91. The van der Waals surface area contributed by atoms with Crippen molar-refractivity contribution in [2.75, 3.05) is 20.0 Å². The molecule has 0 atom stereocenters. The maximum atomic E-state index is 8.12. The lowest BCUT2D eigenvalue weighted by Gasteiger charge is -2.05. The molecule has 0 fully saturated rings. The van der Waals surface area contributed by atoms with Crippen molar-refractivity contribution in [3.63, 3.8) is 0 Å². The molecule has 0 aliphatic rings. The largest absolute Gasteiger partial charge is 0.373 e. The molecule has 0 radical (unpaired) electrons. The molecule has 12 heavy (non-hydrogen) atoms. The summed E-state index contributed by atoms with van der Waals surface area (Å²) in [5.74, 6) is 0.602. The molecule has 0 aliphatic carbocycles. The van der Waals surface area contributed by atoms with E-state index in [1.165, 1.54) is 0 Å². The third kappa shape index (κ3) is 22.8. The summed E-state index contributed by atoms with van der Waals surface area (Å²) in [7, 11) is 0. The zero-order chi connectivity index (χ0) is 9.82. The van der Waals surface area contributed by atoms with E-state index in [2.05, 4.69) is 13.8 Å². The van der Waals surface area contributed by atoms with Crippen LogP contribution in [0.2, 0.25) is 0 Å². The topological polar surface area (TPSA) is 52.6 Å². The Morgan fingerprint density at radius 2 is 1.75 bits per heavy atom.